The van der Waals surface area contributed by atoms with Gasteiger partial charge in [0, 0.05) is 24.8 Å². The van der Waals surface area contributed by atoms with Crippen LogP contribution in [0.3, 0.4) is 0 Å². The average molecular weight is 278 g/mol. The number of benzene rings is 1. The molecule has 108 valence electrons. The monoisotopic (exact) mass is 278 g/mol. The Labute approximate surface area is 117 Å². The molecule has 6 nitrogen and oxygen atoms in total. The second-order valence-electron chi connectivity index (χ2n) is 5.50. The SMILES string of the molecule is CC(C)C1CCN(c2ccc([N+](=O)[O-])c(C(=O)O)c2)C1. The second-order valence-corrected chi connectivity index (χ2v) is 5.50. The number of hydrogen-bond acceptors (Lipinski definition) is 4. The zero-order valence-corrected chi connectivity index (χ0v) is 11.6. The highest BCUT2D eigenvalue weighted by Gasteiger charge is 2.27. The van der Waals surface area contributed by atoms with Gasteiger partial charge in [-0.1, -0.05) is 13.8 Å². The van der Waals surface area contributed by atoms with Crippen LogP contribution in [0.5, 0.6) is 0 Å². The van der Waals surface area contributed by atoms with Crippen LogP contribution in [0.2, 0.25) is 0 Å². The molecule has 0 amide bonds. The first-order valence-electron chi connectivity index (χ1n) is 6.67. The van der Waals surface area contributed by atoms with E-state index in [0.717, 1.165) is 25.2 Å². The number of nitro benzene ring substituents is 1. The van der Waals surface area contributed by atoms with Crippen molar-refractivity contribution in [2.24, 2.45) is 11.8 Å². The van der Waals surface area contributed by atoms with Gasteiger partial charge in [0.05, 0.1) is 4.92 Å². The molecule has 0 saturated carbocycles. The Balaban J connectivity index is 2.28. The van der Waals surface area contributed by atoms with Crippen LogP contribution >= 0.6 is 0 Å². The highest BCUT2D eigenvalue weighted by molar-refractivity contribution is 5.93. The summed E-state index contributed by atoms with van der Waals surface area (Å²) < 4.78 is 0. The van der Waals surface area contributed by atoms with E-state index in [2.05, 4.69) is 18.7 Å². The summed E-state index contributed by atoms with van der Waals surface area (Å²) in [5.41, 5.74) is 0.137. The number of anilines is 1. The molecule has 0 radical (unpaired) electrons. The summed E-state index contributed by atoms with van der Waals surface area (Å²) >= 11 is 0. The average Bonchev–Trinajstić information content (AvgIpc) is 2.87. The van der Waals surface area contributed by atoms with E-state index in [1.807, 2.05) is 0 Å². The molecule has 1 heterocycles. The molecule has 0 spiro atoms. The van der Waals surface area contributed by atoms with E-state index in [0.29, 0.717) is 11.8 Å². The molecule has 0 bridgehead atoms. The lowest BCUT2D eigenvalue weighted by atomic mass is 9.95. The van der Waals surface area contributed by atoms with E-state index < -0.39 is 10.9 Å². The number of aromatic carboxylic acids is 1. The van der Waals surface area contributed by atoms with Crippen LogP contribution < -0.4 is 4.90 Å². The molecule has 2 rings (SSSR count). The number of carboxylic acids is 1. The molecule has 1 aromatic rings. The fourth-order valence-corrected chi connectivity index (χ4v) is 2.62. The van der Waals surface area contributed by atoms with Crippen molar-refractivity contribution in [3.63, 3.8) is 0 Å². The fraction of sp³-hybridized carbons (Fsp3) is 0.500. The summed E-state index contributed by atoms with van der Waals surface area (Å²) in [7, 11) is 0. The number of carboxylic acid groups (broad SMARTS) is 1. The summed E-state index contributed by atoms with van der Waals surface area (Å²) in [5.74, 6) is -0.103. The second kappa shape index (κ2) is 5.48. The normalized spacial score (nSPS) is 18.6. The molecule has 20 heavy (non-hydrogen) atoms. The highest BCUT2D eigenvalue weighted by Crippen LogP contribution is 2.31. The van der Waals surface area contributed by atoms with E-state index in [9.17, 15) is 14.9 Å². The molecule has 1 unspecified atom stereocenters. The van der Waals surface area contributed by atoms with Gasteiger partial charge in [-0.2, -0.15) is 0 Å². The van der Waals surface area contributed by atoms with Gasteiger partial charge in [0.25, 0.3) is 5.69 Å². The summed E-state index contributed by atoms with van der Waals surface area (Å²) in [5, 5.41) is 19.9. The lowest BCUT2D eigenvalue weighted by molar-refractivity contribution is -0.385. The van der Waals surface area contributed by atoms with Crippen LogP contribution in [0.1, 0.15) is 30.6 Å². The Morgan fingerprint density at radius 3 is 2.70 bits per heavy atom. The van der Waals surface area contributed by atoms with Gasteiger partial charge >= 0.3 is 5.97 Å². The van der Waals surface area contributed by atoms with E-state index in [1.54, 1.807) is 6.07 Å². The number of nitrogens with zero attached hydrogens (tertiary/aromatic N) is 2. The Bertz CT molecular complexity index is 542. The van der Waals surface area contributed by atoms with Crippen molar-refractivity contribution >= 4 is 17.3 Å². The molecule has 1 fully saturated rings. The van der Waals surface area contributed by atoms with Gasteiger partial charge < -0.3 is 10.0 Å². The minimum absolute atomic E-state index is 0.250. The van der Waals surface area contributed by atoms with Gasteiger partial charge in [-0.25, -0.2) is 4.79 Å². The molecule has 1 aliphatic heterocycles. The minimum atomic E-state index is -1.27. The van der Waals surface area contributed by atoms with Crippen molar-refractivity contribution in [3.05, 3.63) is 33.9 Å². The maximum atomic E-state index is 11.1. The molecule has 0 aromatic heterocycles. The van der Waals surface area contributed by atoms with Crippen molar-refractivity contribution in [1.29, 1.82) is 0 Å². The topological polar surface area (TPSA) is 83.7 Å². The van der Waals surface area contributed by atoms with Crippen LogP contribution in [-0.2, 0) is 0 Å². The summed E-state index contributed by atoms with van der Waals surface area (Å²) in [6.07, 6.45) is 1.07. The van der Waals surface area contributed by atoms with Gasteiger partial charge in [-0.15, -0.1) is 0 Å². The lowest BCUT2D eigenvalue weighted by Gasteiger charge is -2.20. The molecule has 1 N–H and O–H groups in total. The molecule has 1 aliphatic rings. The third kappa shape index (κ3) is 2.74. The lowest BCUT2D eigenvalue weighted by Crippen LogP contribution is -2.21. The number of nitro groups is 1. The molecule has 6 heteroatoms. The van der Waals surface area contributed by atoms with Crippen molar-refractivity contribution in [1.82, 2.24) is 0 Å². The molecule has 1 atom stereocenters. The quantitative estimate of drug-likeness (QED) is 0.676. The zero-order chi connectivity index (χ0) is 14.9. The van der Waals surface area contributed by atoms with Crippen molar-refractivity contribution < 1.29 is 14.8 Å². The molecule has 0 aliphatic carbocycles. The predicted molar refractivity (Wildman–Crippen MR) is 75.2 cm³/mol. The van der Waals surface area contributed by atoms with Gasteiger partial charge in [-0.3, -0.25) is 10.1 Å². The Morgan fingerprint density at radius 2 is 2.20 bits per heavy atom. The number of hydrogen-bond donors (Lipinski definition) is 1. The van der Waals surface area contributed by atoms with Gasteiger partial charge in [0.15, 0.2) is 0 Å². The van der Waals surface area contributed by atoms with Crippen LogP contribution in [0, 0.1) is 22.0 Å². The Hall–Kier alpha value is -2.11. The number of rotatable bonds is 4. The highest BCUT2D eigenvalue weighted by atomic mass is 16.6. The van der Waals surface area contributed by atoms with Gasteiger partial charge in [0.1, 0.15) is 5.56 Å². The predicted octanol–water partition coefficient (Wildman–Crippen LogP) is 2.78. The van der Waals surface area contributed by atoms with Crippen LogP contribution in [0.4, 0.5) is 11.4 Å². The summed E-state index contributed by atoms with van der Waals surface area (Å²) in [6.45, 7) is 6.08. The Morgan fingerprint density at radius 1 is 1.50 bits per heavy atom. The first-order chi connectivity index (χ1) is 9.40. The minimum Gasteiger partial charge on any atom is -0.477 e. The zero-order valence-electron chi connectivity index (χ0n) is 11.6. The van der Waals surface area contributed by atoms with Gasteiger partial charge in [0.2, 0.25) is 0 Å². The largest absolute Gasteiger partial charge is 0.477 e. The standard InChI is InChI=1S/C14H18N2O4/c1-9(2)10-5-6-15(8-10)11-3-4-13(16(19)20)12(7-11)14(17)18/h3-4,7,9-10H,5-6,8H2,1-2H3,(H,17,18). The van der Waals surface area contributed by atoms with Crippen molar-refractivity contribution in [3.8, 4) is 0 Å². The number of carbonyl (C=O) groups is 1. The Kier molecular flexibility index (Phi) is 3.92. The molecular formula is C14H18N2O4. The molecule has 1 saturated heterocycles. The van der Waals surface area contributed by atoms with Gasteiger partial charge in [-0.05, 0) is 30.4 Å². The van der Waals surface area contributed by atoms with E-state index in [-0.39, 0.29) is 11.3 Å². The van der Waals surface area contributed by atoms with Crippen LogP contribution in [-0.4, -0.2) is 29.1 Å². The van der Waals surface area contributed by atoms with E-state index >= 15 is 0 Å². The third-order valence-corrected chi connectivity index (χ3v) is 3.94. The van der Waals surface area contributed by atoms with E-state index in [1.165, 1.54) is 12.1 Å². The molecular weight excluding hydrogens is 260 g/mol. The smallest absolute Gasteiger partial charge is 0.342 e. The first-order valence-corrected chi connectivity index (χ1v) is 6.67. The molecule has 1 aromatic carbocycles. The van der Waals surface area contributed by atoms with Crippen LogP contribution in [0.15, 0.2) is 18.2 Å². The summed E-state index contributed by atoms with van der Waals surface area (Å²) in [4.78, 5) is 23.4. The third-order valence-electron chi connectivity index (χ3n) is 3.94. The first kappa shape index (κ1) is 14.3. The van der Waals surface area contributed by atoms with E-state index in [4.69, 9.17) is 5.11 Å². The van der Waals surface area contributed by atoms with Crippen molar-refractivity contribution in [2.45, 2.75) is 20.3 Å². The maximum Gasteiger partial charge on any atom is 0.342 e. The fourth-order valence-electron chi connectivity index (χ4n) is 2.62. The van der Waals surface area contributed by atoms with Crippen LogP contribution in [0.25, 0.3) is 0 Å². The maximum absolute atomic E-state index is 11.1. The summed E-state index contributed by atoms with van der Waals surface area (Å²) in [6, 6.07) is 4.32. The van der Waals surface area contributed by atoms with Crippen molar-refractivity contribution in [2.75, 3.05) is 18.0 Å².